The molecule has 5 rings (SSSR count). The number of pyridine rings is 1. The number of aromatic nitrogens is 2. The lowest BCUT2D eigenvalue weighted by molar-refractivity contribution is -0.0615. The van der Waals surface area contributed by atoms with Crippen molar-refractivity contribution in [2.24, 2.45) is 0 Å². The molecule has 4 aromatic rings. The third kappa shape index (κ3) is 4.84. The molecule has 1 fully saturated rings. The monoisotopic (exact) mass is 461 g/mol. The van der Waals surface area contributed by atoms with Crippen LogP contribution in [0.15, 0.2) is 52.5 Å². The molecule has 6 nitrogen and oxygen atoms in total. The van der Waals surface area contributed by atoms with Crippen molar-refractivity contribution in [2.45, 2.75) is 51.7 Å². The third-order valence-corrected chi connectivity index (χ3v) is 6.86. The van der Waals surface area contributed by atoms with Crippen LogP contribution in [-0.2, 0) is 11.2 Å². The van der Waals surface area contributed by atoms with E-state index in [0.29, 0.717) is 18.2 Å². The summed E-state index contributed by atoms with van der Waals surface area (Å²) in [6.07, 6.45) is 4.01. The van der Waals surface area contributed by atoms with Crippen LogP contribution < -0.4 is 5.32 Å². The molecule has 1 unspecified atom stereocenters. The van der Waals surface area contributed by atoms with E-state index in [-0.39, 0.29) is 17.6 Å². The minimum absolute atomic E-state index is 0.0956. The molecule has 1 atom stereocenters. The number of ether oxygens (including phenoxy) is 1. The van der Waals surface area contributed by atoms with E-state index in [1.54, 1.807) is 17.6 Å². The van der Waals surface area contributed by atoms with Gasteiger partial charge < -0.3 is 14.5 Å². The summed E-state index contributed by atoms with van der Waals surface area (Å²) in [4.78, 5) is 23.0. The quantitative estimate of drug-likeness (QED) is 0.422. The first-order valence-corrected chi connectivity index (χ1v) is 12.1. The Labute approximate surface area is 197 Å². The maximum absolute atomic E-state index is 13.1. The van der Waals surface area contributed by atoms with Crippen LogP contribution in [0.25, 0.3) is 21.5 Å². The van der Waals surface area contributed by atoms with Crippen LogP contribution in [-0.4, -0.2) is 34.1 Å². The lowest BCUT2D eigenvalue weighted by Gasteiger charge is -2.35. The van der Waals surface area contributed by atoms with Gasteiger partial charge >= 0.3 is 0 Å². The number of nitrogens with zero attached hydrogens (tertiary/aromatic N) is 2. The van der Waals surface area contributed by atoms with Crippen LogP contribution in [0.4, 0.5) is 0 Å². The molecule has 4 heterocycles. The highest BCUT2D eigenvalue weighted by Gasteiger charge is 2.30. The summed E-state index contributed by atoms with van der Waals surface area (Å²) in [5.41, 5.74) is 4.37. The minimum Gasteiger partial charge on any atom is -0.449 e. The lowest BCUT2D eigenvalue weighted by atomic mass is 9.94. The van der Waals surface area contributed by atoms with Crippen LogP contribution in [0.1, 0.15) is 54.2 Å². The Bertz CT molecular complexity index is 1290. The smallest absolute Gasteiger partial charge is 0.270 e. The standard InChI is InChI=1S/C26H27N3O3S/c1-16-27-23(15-31-16)18-6-4-17(5-7-18)12-19-13-22(29-25-21(19)9-11-33-25)24(30)28-20-8-10-32-26(2,3)14-20/h4-7,9,11,13,15,20H,8,10,12,14H2,1-3H3,(H,28,30). The molecule has 1 aromatic carbocycles. The maximum atomic E-state index is 13.1. The van der Waals surface area contributed by atoms with E-state index in [0.717, 1.165) is 51.9 Å². The van der Waals surface area contributed by atoms with Gasteiger partial charge in [0.1, 0.15) is 22.5 Å². The number of fused-ring (bicyclic) bond motifs is 1. The van der Waals surface area contributed by atoms with Gasteiger partial charge in [-0.05, 0) is 61.7 Å². The van der Waals surface area contributed by atoms with Crippen molar-refractivity contribution in [3.05, 3.63) is 70.8 Å². The molecule has 1 amide bonds. The normalized spacial score (nSPS) is 17.8. The maximum Gasteiger partial charge on any atom is 0.270 e. The average molecular weight is 462 g/mol. The highest BCUT2D eigenvalue weighted by atomic mass is 32.1. The number of hydrogen-bond acceptors (Lipinski definition) is 6. The second-order valence-corrected chi connectivity index (χ2v) is 10.1. The van der Waals surface area contributed by atoms with E-state index < -0.39 is 0 Å². The number of nitrogens with one attached hydrogen (secondary N) is 1. The molecule has 0 spiro atoms. The van der Waals surface area contributed by atoms with Crippen molar-refractivity contribution < 1.29 is 13.9 Å². The Morgan fingerprint density at radius 2 is 2.03 bits per heavy atom. The van der Waals surface area contributed by atoms with Crippen LogP contribution in [0.2, 0.25) is 0 Å². The first kappa shape index (κ1) is 21.8. The van der Waals surface area contributed by atoms with E-state index in [2.05, 4.69) is 59.5 Å². The second-order valence-electron chi connectivity index (χ2n) is 9.20. The van der Waals surface area contributed by atoms with Gasteiger partial charge in [-0.1, -0.05) is 24.3 Å². The largest absolute Gasteiger partial charge is 0.449 e. The highest BCUT2D eigenvalue weighted by Crippen LogP contribution is 2.28. The number of rotatable bonds is 5. The number of carbonyl (C=O) groups excluding carboxylic acids is 1. The van der Waals surface area contributed by atoms with Crippen LogP contribution >= 0.6 is 11.3 Å². The molecule has 1 aliphatic heterocycles. The molecular formula is C26H27N3O3S. The average Bonchev–Trinajstić information content (AvgIpc) is 3.42. The van der Waals surface area contributed by atoms with Crippen LogP contribution in [0.5, 0.6) is 0 Å². The van der Waals surface area contributed by atoms with Gasteiger partial charge in [0.05, 0.1) is 5.60 Å². The summed E-state index contributed by atoms with van der Waals surface area (Å²) in [7, 11) is 0. The van der Waals surface area contributed by atoms with E-state index in [4.69, 9.17) is 9.15 Å². The number of oxazole rings is 1. The summed E-state index contributed by atoms with van der Waals surface area (Å²) >= 11 is 1.56. The van der Waals surface area contributed by atoms with Gasteiger partial charge in [0.15, 0.2) is 5.89 Å². The summed E-state index contributed by atoms with van der Waals surface area (Å²) < 4.78 is 11.1. The zero-order chi connectivity index (χ0) is 23.0. The first-order valence-electron chi connectivity index (χ1n) is 11.2. The van der Waals surface area contributed by atoms with Gasteiger partial charge in [0.2, 0.25) is 0 Å². The molecule has 170 valence electrons. The topological polar surface area (TPSA) is 77.2 Å². The molecule has 0 saturated carbocycles. The molecule has 1 saturated heterocycles. The van der Waals surface area contributed by atoms with Crippen LogP contribution in [0.3, 0.4) is 0 Å². The lowest BCUT2D eigenvalue weighted by Crippen LogP contribution is -2.46. The van der Waals surface area contributed by atoms with Gasteiger partial charge in [-0.15, -0.1) is 11.3 Å². The van der Waals surface area contributed by atoms with Gasteiger partial charge in [-0.25, -0.2) is 9.97 Å². The van der Waals surface area contributed by atoms with E-state index in [9.17, 15) is 4.79 Å². The van der Waals surface area contributed by atoms with Gasteiger partial charge in [0.25, 0.3) is 5.91 Å². The number of amides is 1. The zero-order valence-corrected chi connectivity index (χ0v) is 19.9. The predicted octanol–water partition coefficient (Wildman–Crippen LogP) is 5.54. The molecule has 0 bridgehead atoms. The fraction of sp³-hybridized carbons (Fsp3) is 0.346. The molecular weight excluding hydrogens is 434 g/mol. The number of hydrogen-bond donors (Lipinski definition) is 1. The molecule has 0 aliphatic carbocycles. The van der Waals surface area contributed by atoms with Crippen molar-refractivity contribution in [1.82, 2.24) is 15.3 Å². The predicted molar refractivity (Wildman–Crippen MR) is 130 cm³/mol. The summed E-state index contributed by atoms with van der Waals surface area (Å²) in [5, 5.41) is 6.30. The Morgan fingerprint density at radius 1 is 1.21 bits per heavy atom. The van der Waals surface area contributed by atoms with Crippen molar-refractivity contribution in [3.8, 4) is 11.3 Å². The molecule has 7 heteroatoms. The molecule has 0 radical (unpaired) electrons. The molecule has 33 heavy (non-hydrogen) atoms. The Morgan fingerprint density at radius 3 is 2.76 bits per heavy atom. The molecule has 1 aliphatic rings. The SMILES string of the molecule is Cc1nc(-c2ccc(Cc3cc(C(=O)NC4CCOC(C)(C)C4)nc4sccc34)cc2)co1. The van der Waals surface area contributed by atoms with E-state index >= 15 is 0 Å². The van der Waals surface area contributed by atoms with Crippen molar-refractivity contribution in [2.75, 3.05) is 6.61 Å². The number of carbonyl (C=O) groups is 1. The Hall–Kier alpha value is -3.03. The minimum atomic E-state index is -0.219. The summed E-state index contributed by atoms with van der Waals surface area (Å²) in [5.74, 6) is 0.534. The van der Waals surface area contributed by atoms with Gasteiger partial charge in [-0.3, -0.25) is 4.79 Å². The molecule has 1 N–H and O–H groups in total. The Balaban J connectivity index is 1.37. The van der Waals surface area contributed by atoms with Crippen molar-refractivity contribution in [1.29, 1.82) is 0 Å². The van der Waals surface area contributed by atoms with Crippen molar-refractivity contribution >= 4 is 27.5 Å². The van der Waals surface area contributed by atoms with E-state index in [1.165, 1.54) is 0 Å². The van der Waals surface area contributed by atoms with Crippen molar-refractivity contribution in [3.63, 3.8) is 0 Å². The fourth-order valence-corrected chi connectivity index (χ4v) is 5.21. The Kier molecular flexibility index (Phi) is 5.76. The number of thiophene rings is 1. The first-order chi connectivity index (χ1) is 15.9. The third-order valence-electron chi connectivity index (χ3n) is 6.05. The van der Waals surface area contributed by atoms with Gasteiger partial charge in [0, 0.05) is 30.5 Å². The number of benzene rings is 1. The molecule has 3 aromatic heterocycles. The van der Waals surface area contributed by atoms with Gasteiger partial charge in [-0.2, -0.15) is 0 Å². The second kappa shape index (κ2) is 8.72. The number of aryl methyl sites for hydroxylation is 1. The van der Waals surface area contributed by atoms with Crippen LogP contribution in [0, 0.1) is 6.92 Å². The summed E-state index contributed by atoms with van der Waals surface area (Å²) in [6.45, 7) is 6.62. The van der Waals surface area contributed by atoms with E-state index in [1.807, 2.05) is 18.4 Å². The highest BCUT2D eigenvalue weighted by molar-refractivity contribution is 7.16. The zero-order valence-electron chi connectivity index (χ0n) is 19.1. The summed E-state index contributed by atoms with van der Waals surface area (Å²) in [6, 6.07) is 12.4. The fourth-order valence-electron chi connectivity index (χ4n) is 4.40.